The van der Waals surface area contributed by atoms with E-state index >= 15 is 0 Å². The zero-order chi connectivity index (χ0) is 13.1. The normalized spacial score (nSPS) is 13.1. The molecule has 0 heterocycles. The van der Waals surface area contributed by atoms with Crippen LogP contribution in [0.25, 0.3) is 0 Å². The van der Waals surface area contributed by atoms with Gasteiger partial charge in [-0.3, -0.25) is 0 Å². The highest BCUT2D eigenvalue weighted by atomic mass is 32.2. The van der Waals surface area contributed by atoms with E-state index in [1.165, 1.54) is 0 Å². The smallest absolute Gasteiger partial charge is 0.207 e. The van der Waals surface area contributed by atoms with Crippen LogP contribution in [-0.4, -0.2) is 14.5 Å². The molecule has 92 valence electrons. The predicted molar refractivity (Wildman–Crippen MR) is 69.1 cm³/mol. The van der Waals surface area contributed by atoms with Crippen LogP contribution in [0.2, 0.25) is 0 Å². The van der Waals surface area contributed by atoms with Crippen molar-refractivity contribution in [1.29, 1.82) is 0 Å². The number of terminal acetylenes is 1. The fraction of sp³-hybridized carbons (Fsp3) is 0.385. The molecule has 0 aromatic heterocycles. The molecule has 4 heteroatoms. The first kappa shape index (κ1) is 13.8. The lowest BCUT2D eigenvalue weighted by Gasteiger charge is -2.13. The molecule has 0 amide bonds. The van der Waals surface area contributed by atoms with Crippen molar-refractivity contribution in [3.05, 3.63) is 29.3 Å². The van der Waals surface area contributed by atoms with Gasteiger partial charge in [-0.05, 0) is 32.4 Å². The minimum absolute atomic E-state index is 0.259. The Hall–Kier alpha value is -1.31. The van der Waals surface area contributed by atoms with E-state index in [9.17, 15) is 8.42 Å². The van der Waals surface area contributed by atoms with Gasteiger partial charge in [-0.1, -0.05) is 17.7 Å². The zero-order valence-corrected chi connectivity index (χ0v) is 11.1. The minimum Gasteiger partial charge on any atom is -0.207 e. The molecule has 1 aromatic carbocycles. The summed E-state index contributed by atoms with van der Waals surface area (Å²) in [4.78, 5) is 0.312. The topological polar surface area (TPSA) is 46.2 Å². The van der Waals surface area contributed by atoms with E-state index < -0.39 is 10.0 Å². The maximum absolute atomic E-state index is 12.1. The van der Waals surface area contributed by atoms with Crippen LogP contribution in [0.5, 0.6) is 0 Å². The predicted octanol–water partition coefficient (Wildman–Crippen LogP) is 1.99. The van der Waals surface area contributed by atoms with E-state index in [0.717, 1.165) is 11.1 Å². The van der Waals surface area contributed by atoms with E-state index in [1.807, 2.05) is 13.0 Å². The Morgan fingerprint density at radius 2 is 2.06 bits per heavy atom. The van der Waals surface area contributed by atoms with Gasteiger partial charge in [0, 0.05) is 12.5 Å². The first-order valence-corrected chi connectivity index (χ1v) is 6.88. The Kier molecular flexibility index (Phi) is 4.33. The number of rotatable bonds is 4. The first-order chi connectivity index (χ1) is 7.86. The molecule has 1 rings (SSSR count). The molecule has 1 unspecified atom stereocenters. The number of nitrogens with one attached hydrogen (secondary N) is 1. The van der Waals surface area contributed by atoms with Gasteiger partial charge in [-0.2, -0.15) is 0 Å². The SMILES string of the molecule is C#CCC(C)NS(=O)(=O)c1ccc(C)cc1C. The molecule has 1 atom stereocenters. The van der Waals surface area contributed by atoms with Crippen molar-refractivity contribution in [3.8, 4) is 12.3 Å². The second-order valence-electron chi connectivity index (χ2n) is 4.20. The van der Waals surface area contributed by atoms with Crippen LogP contribution in [0, 0.1) is 26.2 Å². The highest BCUT2D eigenvalue weighted by Gasteiger charge is 2.18. The standard InChI is InChI=1S/C13H17NO2S/c1-5-6-12(4)14-17(15,16)13-8-7-10(2)9-11(13)3/h1,7-9,12,14H,6H2,2-4H3. The van der Waals surface area contributed by atoms with Crippen LogP contribution in [-0.2, 0) is 10.0 Å². The van der Waals surface area contributed by atoms with Crippen molar-refractivity contribution >= 4 is 10.0 Å². The van der Waals surface area contributed by atoms with Gasteiger partial charge in [0.2, 0.25) is 10.0 Å². The Morgan fingerprint density at radius 3 is 2.59 bits per heavy atom. The van der Waals surface area contributed by atoms with Crippen LogP contribution in [0.4, 0.5) is 0 Å². The fourth-order valence-corrected chi connectivity index (χ4v) is 3.12. The second kappa shape index (κ2) is 5.35. The molecule has 3 nitrogen and oxygen atoms in total. The maximum atomic E-state index is 12.1. The summed E-state index contributed by atoms with van der Waals surface area (Å²) in [6.07, 6.45) is 5.53. The van der Waals surface area contributed by atoms with E-state index in [2.05, 4.69) is 10.6 Å². The van der Waals surface area contributed by atoms with Gasteiger partial charge < -0.3 is 0 Å². The molecule has 0 aliphatic rings. The van der Waals surface area contributed by atoms with Crippen molar-refractivity contribution in [3.63, 3.8) is 0 Å². The summed E-state index contributed by atoms with van der Waals surface area (Å²) in [6.45, 7) is 5.46. The number of aryl methyl sites for hydroxylation is 2. The fourth-order valence-electron chi connectivity index (χ4n) is 1.65. The largest absolute Gasteiger partial charge is 0.241 e. The van der Waals surface area contributed by atoms with E-state index in [1.54, 1.807) is 26.0 Å². The number of hydrogen-bond acceptors (Lipinski definition) is 2. The van der Waals surface area contributed by atoms with Crippen molar-refractivity contribution < 1.29 is 8.42 Å². The molecule has 1 aromatic rings. The summed E-state index contributed by atoms with van der Waals surface area (Å²) in [6, 6.07) is 4.99. The molecular formula is C13H17NO2S. The molecule has 0 aliphatic carbocycles. The van der Waals surface area contributed by atoms with Gasteiger partial charge in [-0.15, -0.1) is 12.3 Å². The molecular weight excluding hydrogens is 234 g/mol. The van der Waals surface area contributed by atoms with Crippen LogP contribution in [0.1, 0.15) is 24.5 Å². The van der Waals surface area contributed by atoms with Crippen LogP contribution < -0.4 is 4.72 Å². The monoisotopic (exact) mass is 251 g/mol. The van der Waals surface area contributed by atoms with Crippen LogP contribution >= 0.6 is 0 Å². The van der Waals surface area contributed by atoms with Crippen molar-refractivity contribution in [2.24, 2.45) is 0 Å². The van der Waals surface area contributed by atoms with Crippen LogP contribution in [0.3, 0.4) is 0 Å². The second-order valence-corrected chi connectivity index (χ2v) is 5.88. The highest BCUT2D eigenvalue weighted by molar-refractivity contribution is 7.89. The average Bonchev–Trinajstić information content (AvgIpc) is 2.15. The molecule has 0 bridgehead atoms. The summed E-state index contributed by atoms with van der Waals surface area (Å²) in [5.41, 5.74) is 1.78. The Labute approximate surface area is 103 Å². The third-order valence-electron chi connectivity index (χ3n) is 2.40. The Morgan fingerprint density at radius 1 is 1.41 bits per heavy atom. The molecule has 1 N–H and O–H groups in total. The molecule has 0 fully saturated rings. The maximum Gasteiger partial charge on any atom is 0.241 e. The minimum atomic E-state index is -3.47. The summed E-state index contributed by atoms with van der Waals surface area (Å²) in [5.74, 6) is 2.44. The van der Waals surface area contributed by atoms with Gasteiger partial charge >= 0.3 is 0 Å². The Balaban J connectivity index is 3.02. The van der Waals surface area contributed by atoms with Crippen molar-refractivity contribution in [1.82, 2.24) is 4.72 Å². The summed E-state index contributed by atoms with van der Waals surface area (Å²) in [7, 11) is -3.47. The Bertz CT molecular complexity index is 541. The van der Waals surface area contributed by atoms with E-state index in [0.29, 0.717) is 11.3 Å². The van der Waals surface area contributed by atoms with Crippen LogP contribution in [0.15, 0.2) is 23.1 Å². The summed E-state index contributed by atoms with van der Waals surface area (Å²) < 4.78 is 26.7. The van der Waals surface area contributed by atoms with Gasteiger partial charge in [0.1, 0.15) is 0 Å². The quantitative estimate of drug-likeness (QED) is 0.832. The molecule has 0 saturated carbocycles. The van der Waals surface area contributed by atoms with Gasteiger partial charge in [-0.25, -0.2) is 13.1 Å². The van der Waals surface area contributed by atoms with E-state index in [-0.39, 0.29) is 6.04 Å². The zero-order valence-electron chi connectivity index (χ0n) is 10.3. The third kappa shape index (κ3) is 3.58. The summed E-state index contributed by atoms with van der Waals surface area (Å²) in [5, 5.41) is 0. The first-order valence-electron chi connectivity index (χ1n) is 5.40. The highest BCUT2D eigenvalue weighted by Crippen LogP contribution is 2.16. The number of hydrogen-bond donors (Lipinski definition) is 1. The lowest BCUT2D eigenvalue weighted by Crippen LogP contribution is -2.32. The third-order valence-corrected chi connectivity index (χ3v) is 4.15. The molecule has 17 heavy (non-hydrogen) atoms. The summed E-state index contributed by atoms with van der Waals surface area (Å²) >= 11 is 0. The molecule has 0 aliphatic heterocycles. The van der Waals surface area contributed by atoms with E-state index in [4.69, 9.17) is 6.42 Å². The lowest BCUT2D eigenvalue weighted by molar-refractivity contribution is 0.563. The molecule has 0 radical (unpaired) electrons. The van der Waals surface area contributed by atoms with Gasteiger partial charge in [0.25, 0.3) is 0 Å². The number of sulfonamides is 1. The molecule has 0 saturated heterocycles. The van der Waals surface area contributed by atoms with Crippen molar-refractivity contribution in [2.45, 2.75) is 38.1 Å². The van der Waals surface area contributed by atoms with Gasteiger partial charge in [0.15, 0.2) is 0 Å². The number of benzene rings is 1. The van der Waals surface area contributed by atoms with Gasteiger partial charge in [0.05, 0.1) is 4.90 Å². The van der Waals surface area contributed by atoms with Crippen molar-refractivity contribution in [2.75, 3.05) is 0 Å². The average molecular weight is 251 g/mol. The lowest BCUT2D eigenvalue weighted by atomic mass is 10.2. The molecule has 0 spiro atoms.